The molecule has 2 aromatic rings. The third-order valence-corrected chi connectivity index (χ3v) is 6.53. The molecule has 2 rings (SSSR count). The van der Waals surface area contributed by atoms with Crippen molar-refractivity contribution in [2.45, 2.75) is 32.9 Å². The number of halogens is 2. The molecule has 0 saturated heterocycles. The predicted molar refractivity (Wildman–Crippen MR) is 123 cm³/mol. The summed E-state index contributed by atoms with van der Waals surface area (Å²) in [5.74, 6) is -1.64. The molecule has 32 heavy (non-hydrogen) atoms. The lowest BCUT2D eigenvalue weighted by Gasteiger charge is -2.33. The van der Waals surface area contributed by atoms with Gasteiger partial charge in [-0.2, -0.15) is 0 Å². The number of anilines is 1. The maximum absolute atomic E-state index is 13.6. The topological polar surface area (TPSA) is 86.8 Å². The quantitative estimate of drug-likeness (QED) is 0.593. The summed E-state index contributed by atoms with van der Waals surface area (Å²) in [6.07, 6.45) is 1.28. The molecule has 0 radical (unpaired) electrons. The van der Waals surface area contributed by atoms with Crippen molar-refractivity contribution < 1.29 is 22.4 Å². The summed E-state index contributed by atoms with van der Waals surface area (Å²) in [7, 11) is -2.43. The summed E-state index contributed by atoms with van der Waals surface area (Å²) in [4.78, 5) is 27.3. The van der Waals surface area contributed by atoms with Gasteiger partial charge in [-0.25, -0.2) is 12.8 Å². The van der Waals surface area contributed by atoms with E-state index in [9.17, 15) is 22.4 Å². The molecule has 2 amide bonds. The second-order valence-electron chi connectivity index (χ2n) is 7.35. The van der Waals surface area contributed by atoms with E-state index in [1.807, 2.05) is 31.2 Å². The number of sulfonamides is 1. The minimum atomic E-state index is -3.91. The van der Waals surface area contributed by atoms with E-state index in [4.69, 9.17) is 11.6 Å². The number of rotatable bonds is 9. The Kier molecular flexibility index (Phi) is 8.63. The Morgan fingerprint density at radius 3 is 2.38 bits per heavy atom. The first-order valence-corrected chi connectivity index (χ1v) is 12.2. The largest absolute Gasteiger partial charge is 0.357 e. The van der Waals surface area contributed by atoms with Crippen molar-refractivity contribution in [3.8, 4) is 0 Å². The molecule has 0 fully saturated rings. The third-order valence-electron chi connectivity index (χ3n) is 5.10. The van der Waals surface area contributed by atoms with Gasteiger partial charge in [-0.15, -0.1) is 0 Å². The van der Waals surface area contributed by atoms with Gasteiger partial charge in [0.1, 0.15) is 18.4 Å². The predicted octanol–water partition coefficient (Wildman–Crippen LogP) is 3.11. The molecule has 0 bridgehead atoms. The molecule has 0 aliphatic rings. The molecule has 0 spiro atoms. The minimum absolute atomic E-state index is 0.0519. The molecular weight excluding hydrogens is 457 g/mol. The van der Waals surface area contributed by atoms with E-state index in [-0.39, 0.29) is 23.2 Å². The van der Waals surface area contributed by atoms with Gasteiger partial charge < -0.3 is 10.2 Å². The number of nitrogens with zero attached hydrogens (tertiary/aromatic N) is 2. The second-order valence-corrected chi connectivity index (χ2v) is 9.67. The summed E-state index contributed by atoms with van der Waals surface area (Å²) in [6.45, 7) is 3.22. The van der Waals surface area contributed by atoms with Crippen molar-refractivity contribution in [1.82, 2.24) is 10.2 Å². The average Bonchev–Trinajstić information content (AvgIpc) is 2.74. The minimum Gasteiger partial charge on any atom is -0.357 e. The normalized spacial score (nSPS) is 12.2. The third kappa shape index (κ3) is 6.20. The molecule has 174 valence electrons. The zero-order valence-electron chi connectivity index (χ0n) is 18.4. The Labute approximate surface area is 193 Å². The number of carbonyl (C=O) groups excluding carboxylic acids is 2. The monoisotopic (exact) mass is 483 g/mol. The van der Waals surface area contributed by atoms with Gasteiger partial charge in [0, 0.05) is 13.6 Å². The van der Waals surface area contributed by atoms with E-state index in [2.05, 4.69) is 5.32 Å². The van der Waals surface area contributed by atoms with Crippen LogP contribution in [0.1, 0.15) is 24.5 Å². The van der Waals surface area contributed by atoms with Gasteiger partial charge in [-0.1, -0.05) is 42.8 Å². The van der Waals surface area contributed by atoms with E-state index in [0.717, 1.165) is 33.8 Å². The van der Waals surface area contributed by atoms with Crippen molar-refractivity contribution in [3.63, 3.8) is 0 Å². The van der Waals surface area contributed by atoms with Gasteiger partial charge in [-0.05, 0) is 42.7 Å². The lowest BCUT2D eigenvalue weighted by molar-refractivity contribution is -0.140. The molecule has 0 aliphatic carbocycles. The zero-order valence-corrected chi connectivity index (χ0v) is 20.0. The molecule has 1 N–H and O–H groups in total. The molecular formula is C22H27ClFN3O4S. The van der Waals surface area contributed by atoms with E-state index >= 15 is 0 Å². The van der Waals surface area contributed by atoms with Crippen molar-refractivity contribution >= 4 is 39.1 Å². The number of aryl methyl sites for hydroxylation is 1. The highest BCUT2D eigenvalue weighted by atomic mass is 35.5. The fourth-order valence-electron chi connectivity index (χ4n) is 3.31. The van der Waals surface area contributed by atoms with Gasteiger partial charge in [0.2, 0.25) is 21.8 Å². The summed E-state index contributed by atoms with van der Waals surface area (Å²) in [5, 5.41) is 2.29. The van der Waals surface area contributed by atoms with Crippen LogP contribution in [-0.4, -0.2) is 51.0 Å². The van der Waals surface area contributed by atoms with Crippen LogP contribution in [0, 0.1) is 12.7 Å². The van der Waals surface area contributed by atoms with Crippen LogP contribution in [-0.2, 0) is 26.2 Å². The molecule has 0 saturated carbocycles. The maximum atomic E-state index is 13.6. The van der Waals surface area contributed by atoms with Crippen LogP contribution in [0.5, 0.6) is 0 Å². The highest BCUT2D eigenvalue weighted by Crippen LogP contribution is 2.25. The van der Waals surface area contributed by atoms with Gasteiger partial charge in [0.15, 0.2) is 0 Å². The second kappa shape index (κ2) is 10.8. The van der Waals surface area contributed by atoms with E-state index < -0.39 is 34.3 Å². The number of hydrogen-bond donors (Lipinski definition) is 1. The van der Waals surface area contributed by atoms with Crippen molar-refractivity contribution in [3.05, 3.63) is 64.4 Å². The Bertz CT molecular complexity index is 1090. The van der Waals surface area contributed by atoms with Crippen molar-refractivity contribution in [2.24, 2.45) is 0 Å². The van der Waals surface area contributed by atoms with Gasteiger partial charge >= 0.3 is 0 Å². The van der Waals surface area contributed by atoms with Crippen LogP contribution in [0.15, 0.2) is 42.5 Å². The molecule has 10 heteroatoms. The first-order valence-electron chi connectivity index (χ1n) is 9.97. The molecule has 1 atom stereocenters. The molecule has 2 aromatic carbocycles. The Morgan fingerprint density at radius 2 is 1.84 bits per heavy atom. The summed E-state index contributed by atoms with van der Waals surface area (Å²) < 4.78 is 39.4. The fourth-order valence-corrected chi connectivity index (χ4v) is 4.33. The number of hydrogen-bond acceptors (Lipinski definition) is 4. The first-order chi connectivity index (χ1) is 15.0. The van der Waals surface area contributed by atoms with Crippen molar-refractivity contribution in [2.75, 3.05) is 24.2 Å². The van der Waals surface area contributed by atoms with Crippen LogP contribution in [0.3, 0.4) is 0 Å². The van der Waals surface area contributed by atoms with Gasteiger partial charge in [-0.3, -0.25) is 13.9 Å². The van der Waals surface area contributed by atoms with Crippen LogP contribution < -0.4 is 9.62 Å². The van der Waals surface area contributed by atoms with E-state index in [1.165, 1.54) is 18.0 Å². The van der Waals surface area contributed by atoms with E-state index in [1.54, 1.807) is 6.92 Å². The smallest absolute Gasteiger partial charge is 0.244 e. The van der Waals surface area contributed by atoms with E-state index in [0.29, 0.717) is 6.42 Å². The average molecular weight is 484 g/mol. The SMILES string of the molecule is CCC(C(=O)NC)N(Cc1ccccc1C)C(=O)CN(c1ccc(F)c(Cl)c1)S(C)(=O)=O. The molecule has 0 heterocycles. The van der Waals surface area contributed by atoms with Crippen molar-refractivity contribution in [1.29, 1.82) is 0 Å². The number of nitrogens with one attached hydrogen (secondary N) is 1. The van der Waals surface area contributed by atoms with Crippen LogP contribution in [0.4, 0.5) is 10.1 Å². The zero-order chi connectivity index (χ0) is 24.1. The number of carbonyl (C=O) groups is 2. The fraction of sp³-hybridized carbons (Fsp3) is 0.364. The summed E-state index contributed by atoms with van der Waals surface area (Å²) >= 11 is 5.82. The van der Waals surface area contributed by atoms with Gasteiger partial charge in [0.05, 0.1) is 17.0 Å². The standard InChI is InChI=1S/C22H27ClFN3O4S/c1-5-20(22(29)25-3)26(13-16-9-7-6-8-15(16)2)21(28)14-27(32(4,30)31)17-10-11-19(24)18(23)12-17/h6-12,20H,5,13-14H2,1-4H3,(H,25,29). The summed E-state index contributed by atoms with van der Waals surface area (Å²) in [5.41, 5.74) is 1.82. The number of likely N-dealkylation sites (N-methyl/N-ethyl adjacent to an activating group) is 1. The maximum Gasteiger partial charge on any atom is 0.244 e. The highest BCUT2D eigenvalue weighted by Gasteiger charge is 2.31. The van der Waals surface area contributed by atoms with Crippen LogP contribution >= 0.6 is 11.6 Å². The lowest BCUT2D eigenvalue weighted by atomic mass is 10.1. The van der Waals surface area contributed by atoms with Gasteiger partial charge in [0.25, 0.3) is 0 Å². The molecule has 0 aliphatic heterocycles. The molecule has 1 unspecified atom stereocenters. The summed E-state index contributed by atoms with van der Waals surface area (Å²) in [6, 6.07) is 10.0. The molecule has 0 aromatic heterocycles. The highest BCUT2D eigenvalue weighted by molar-refractivity contribution is 7.92. The van der Waals surface area contributed by atoms with Crippen LogP contribution in [0.2, 0.25) is 5.02 Å². The number of benzene rings is 2. The molecule has 7 nitrogen and oxygen atoms in total. The Balaban J connectivity index is 2.46. The Hall–Kier alpha value is -2.65. The Morgan fingerprint density at radius 1 is 1.19 bits per heavy atom. The first kappa shape index (κ1) is 25.6. The van der Waals surface area contributed by atoms with Crippen LogP contribution in [0.25, 0.3) is 0 Å². The number of amides is 2. The lowest BCUT2D eigenvalue weighted by Crippen LogP contribution is -2.51.